The zero-order chi connectivity index (χ0) is 15.6. The molecule has 0 radical (unpaired) electrons. The number of hydrogen-bond acceptors (Lipinski definition) is 6. The Labute approximate surface area is 123 Å². The van der Waals surface area contributed by atoms with Crippen molar-refractivity contribution in [3.8, 4) is 0 Å². The minimum Gasteiger partial charge on any atom is -0.478 e. The van der Waals surface area contributed by atoms with Gasteiger partial charge in [0.15, 0.2) is 15.7 Å². The van der Waals surface area contributed by atoms with Crippen molar-refractivity contribution in [3.05, 3.63) is 16.8 Å². The Hall–Kier alpha value is -1.70. The lowest BCUT2D eigenvalue weighted by atomic mass is 10.0. The Morgan fingerprint density at radius 2 is 1.81 bits per heavy atom. The summed E-state index contributed by atoms with van der Waals surface area (Å²) in [6, 6.07) is 0. The van der Waals surface area contributed by atoms with Crippen LogP contribution < -0.4 is 4.90 Å². The van der Waals surface area contributed by atoms with Crippen LogP contribution >= 0.6 is 0 Å². The van der Waals surface area contributed by atoms with Crippen molar-refractivity contribution in [2.45, 2.75) is 26.7 Å². The SMILES string of the molecule is CCc1nnc(N2CCS(=O)(=O)CC2)c(C(=O)O)c1CC. The molecule has 7 nitrogen and oxygen atoms in total. The minimum atomic E-state index is -3.02. The summed E-state index contributed by atoms with van der Waals surface area (Å²) >= 11 is 0. The highest BCUT2D eigenvalue weighted by molar-refractivity contribution is 7.91. The zero-order valence-electron chi connectivity index (χ0n) is 12.2. The van der Waals surface area contributed by atoms with E-state index in [1.165, 1.54) is 0 Å². The van der Waals surface area contributed by atoms with Crippen LogP contribution in [-0.4, -0.2) is 54.3 Å². The Bertz CT molecular complexity index is 644. The average Bonchev–Trinajstić information content (AvgIpc) is 2.45. The second kappa shape index (κ2) is 5.97. The molecule has 116 valence electrons. The monoisotopic (exact) mass is 313 g/mol. The van der Waals surface area contributed by atoms with Crippen molar-refractivity contribution in [1.29, 1.82) is 0 Å². The highest BCUT2D eigenvalue weighted by atomic mass is 32.2. The minimum absolute atomic E-state index is 0.0186. The molecule has 1 saturated heterocycles. The van der Waals surface area contributed by atoms with Gasteiger partial charge in [-0.05, 0) is 18.4 Å². The highest BCUT2D eigenvalue weighted by Gasteiger charge is 2.28. The molecular formula is C13H19N3O4S. The number of nitrogens with zero attached hydrogens (tertiary/aromatic N) is 3. The van der Waals surface area contributed by atoms with Crippen LogP contribution in [0.3, 0.4) is 0 Å². The van der Waals surface area contributed by atoms with Gasteiger partial charge in [0, 0.05) is 13.1 Å². The number of carbonyl (C=O) groups is 1. The lowest BCUT2D eigenvalue weighted by molar-refractivity contribution is 0.0695. The summed E-state index contributed by atoms with van der Waals surface area (Å²) in [6.45, 7) is 4.30. The predicted octanol–water partition coefficient (Wildman–Crippen LogP) is 0.534. The Balaban J connectivity index is 2.47. The molecule has 1 N–H and O–H groups in total. The van der Waals surface area contributed by atoms with Gasteiger partial charge in [-0.3, -0.25) is 0 Å². The first-order valence-electron chi connectivity index (χ1n) is 6.96. The second-order valence-corrected chi connectivity index (χ2v) is 7.28. The van der Waals surface area contributed by atoms with E-state index in [1.54, 1.807) is 4.90 Å². The van der Waals surface area contributed by atoms with Gasteiger partial charge in [-0.15, -0.1) is 5.10 Å². The summed E-state index contributed by atoms with van der Waals surface area (Å²) in [4.78, 5) is 13.3. The van der Waals surface area contributed by atoms with Gasteiger partial charge in [0.1, 0.15) is 5.56 Å². The average molecular weight is 313 g/mol. The van der Waals surface area contributed by atoms with Gasteiger partial charge in [0.05, 0.1) is 17.2 Å². The van der Waals surface area contributed by atoms with Crippen molar-refractivity contribution in [2.75, 3.05) is 29.5 Å². The number of anilines is 1. The van der Waals surface area contributed by atoms with E-state index >= 15 is 0 Å². The van der Waals surface area contributed by atoms with E-state index in [-0.39, 0.29) is 36.0 Å². The molecule has 0 bridgehead atoms. The topological polar surface area (TPSA) is 100 Å². The number of aryl methyl sites for hydroxylation is 1. The Morgan fingerprint density at radius 3 is 2.29 bits per heavy atom. The van der Waals surface area contributed by atoms with E-state index in [0.29, 0.717) is 24.1 Å². The first-order chi connectivity index (χ1) is 9.89. The van der Waals surface area contributed by atoms with Crippen molar-refractivity contribution in [2.24, 2.45) is 0 Å². The molecule has 1 aliphatic rings. The molecule has 0 aliphatic carbocycles. The van der Waals surface area contributed by atoms with Crippen molar-refractivity contribution in [1.82, 2.24) is 10.2 Å². The number of sulfone groups is 1. The molecule has 0 amide bonds. The zero-order valence-corrected chi connectivity index (χ0v) is 13.0. The van der Waals surface area contributed by atoms with Crippen molar-refractivity contribution < 1.29 is 18.3 Å². The van der Waals surface area contributed by atoms with Crippen LogP contribution in [0.2, 0.25) is 0 Å². The molecule has 1 aromatic heterocycles. The first kappa shape index (κ1) is 15.7. The molecule has 2 heterocycles. The predicted molar refractivity (Wildman–Crippen MR) is 78.6 cm³/mol. The second-order valence-electron chi connectivity index (χ2n) is 4.97. The molecule has 0 atom stereocenters. The van der Waals surface area contributed by atoms with Crippen LogP contribution in [0.5, 0.6) is 0 Å². The van der Waals surface area contributed by atoms with E-state index in [1.807, 2.05) is 13.8 Å². The van der Waals surface area contributed by atoms with E-state index in [2.05, 4.69) is 10.2 Å². The maximum Gasteiger partial charge on any atom is 0.339 e. The highest BCUT2D eigenvalue weighted by Crippen LogP contribution is 2.25. The summed E-state index contributed by atoms with van der Waals surface area (Å²) < 4.78 is 23.0. The standard InChI is InChI=1S/C13H19N3O4S/c1-3-9-10(4-2)14-15-12(11(9)13(17)18)16-5-7-21(19,20)8-6-16/h3-8H2,1-2H3,(H,17,18). The summed E-state index contributed by atoms with van der Waals surface area (Å²) in [5.74, 6) is -0.721. The van der Waals surface area contributed by atoms with Gasteiger partial charge < -0.3 is 10.0 Å². The molecule has 0 aromatic carbocycles. The van der Waals surface area contributed by atoms with Crippen LogP contribution in [0.25, 0.3) is 0 Å². The van der Waals surface area contributed by atoms with Gasteiger partial charge in [-0.2, -0.15) is 5.10 Å². The third-order valence-corrected chi connectivity index (χ3v) is 5.29. The lowest BCUT2D eigenvalue weighted by Crippen LogP contribution is -2.41. The Morgan fingerprint density at radius 1 is 1.19 bits per heavy atom. The molecule has 8 heteroatoms. The fourth-order valence-corrected chi connectivity index (χ4v) is 3.73. The summed E-state index contributed by atoms with van der Waals surface area (Å²) in [7, 11) is -3.02. The molecule has 1 fully saturated rings. The lowest BCUT2D eigenvalue weighted by Gasteiger charge is -2.29. The number of aromatic nitrogens is 2. The summed E-state index contributed by atoms with van der Waals surface area (Å²) in [5.41, 5.74) is 1.52. The number of aromatic carboxylic acids is 1. The third kappa shape index (κ3) is 3.15. The third-order valence-electron chi connectivity index (χ3n) is 3.69. The molecular weight excluding hydrogens is 294 g/mol. The van der Waals surface area contributed by atoms with E-state index in [4.69, 9.17) is 0 Å². The van der Waals surface area contributed by atoms with E-state index in [9.17, 15) is 18.3 Å². The van der Waals surface area contributed by atoms with Crippen LogP contribution in [0, 0.1) is 0 Å². The van der Waals surface area contributed by atoms with E-state index in [0.717, 1.165) is 0 Å². The normalized spacial score (nSPS) is 17.7. The molecule has 21 heavy (non-hydrogen) atoms. The van der Waals surface area contributed by atoms with Crippen LogP contribution in [0.4, 0.5) is 5.82 Å². The largest absolute Gasteiger partial charge is 0.478 e. The van der Waals surface area contributed by atoms with Gasteiger partial charge in [0.25, 0.3) is 0 Å². The molecule has 0 saturated carbocycles. The fourth-order valence-electron chi connectivity index (χ4n) is 2.53. The molecule has 0 spiro atoms. The van der Waals surface area contributed by atoms with Crippen molar-refractivity contribution in [3.63, 3.8) is 0 Å². The Kier molecular flexibility index (Phi) is 4.46. The maximum absolute atomic E-state index is 11.6. The number of hydrogen-bond donors (Lipinski definition) is 1. The van der Waals surface area contributed by atoms with Crippen molar-refractivity contribution >= 4 is 21.6 Å². The first-order valence-corrected chi connectivity index (χ1v) is 8.78. The van der Waals surface area contributed by atoms with Gasteiger partial charge in [-0.1, -0.05) is 13.8 Å². The molecule has 0 unspecified atom stereocenters. The fraction of sp³-hybridized carbons (Fsp3) is 0.615. The molecule has 2 rings (SSSR count). The number of rotatable bonds is 4. The molecule has 1 aliphatic heterocycles. The van der Waals surface area contributed by atoms with Gasteiger partial charge >= 0.3 is 5.97 Å². The maximum atomic E-state index is 11.6. The smallest absolute Gasteiger partial charge is 0.339 e. The number of carboxylic acids is 1. The van der Waals surface area contributed by atoms with Crippen LogP contribution in [-0.2, 0) is 22.7 Å². The summed E-state index contributed by atoms with van der Waals surface area (Å²) in [6.07, 6.45) is 1.17. The van der Waals surface area contributed by atoms with Crippen LogP contribution in [0.1, 0.15) is 35.5 Å². The van der Waals surface area contributed by atoms with E-state index < -0.39 is 15.8 Å². The number of carboxylic acid groups (broad SMARTS) is 1. The van der Waals surface area contributed by atoms with Crippen LogP contribution in [0.15, 0.2) is 0 Å². The quantitative estimate of drug-likeness (QED) is 0.865. The summed E-state index contributed by atoms with van der Waals surface area (Å²) in [5, 5.41) is 17.7. The van der Waals surface area contributed by atoms with Gasteiger partial charge in [0.2, 0.25) is 0 Å². The van der Waals surface area contributed by atoms with Gasteiger partial charge in [-0.25, -0.2) is 13.2 Å². The molecule has 1 aromatic rings.